The van der Waals surface area contributed by atoms with E-state index in [1.165, 1.54) is 13.2 Å². The third-order valence-corrected chi connectivity index (χ3v) is 6.17. The number of aromatic nitrogens is 3. The molecule has 0 aliphatic heterocycles. The Labute approximate surface area is 188 Å². The van der Waals surface area contributed by atoms with Gasteiger partial charge >= 0.3 is 6.01 Å². The first-order chi connectivity index (χ1) is 15.4. The zero-order valence-electron chi connectivity index (χ0n) is 17.7. The average Bonchev–Trinajstić information content (AvgIpc) is 3.29. The molecule has 1 atom stereocenters. The molecule has 0 amide bonds. The van der Waals surface area contributed by atoms with E-state index in [1.54, 1.807) is 70.8 Å². The molecule has 0 aliphatic rings. The maximum absolute atomic E-state index is 15.0. The lowest BCUT2D eigenvalue weighted by atomic mass is 9.98. The highest BCUT2D eigenvalue weighted by atomic mass is 32.2. The minimum absolute atomic E-state index is 0.220. The fourth-order valence-electron chi connectivity index (χ4n) is 3.44. The molecule has 0 aliphatic carbocycles. The maximum Gasteiger partial charge on any atom is 0.302 e. The van der Waals surface area contributed by atoms with Crippen molar-refractivity contribution in [2.45, 2.75) is 6.54 Å². The van der Waals surface area contributed by atoms with Gasteiger partial charge in [-0.1, -0.05) is 24.3 Å². The molecule has 2 heterocycles. The molecule has 0 bridgehead atoms. The van der Waals surface area contributed by atoms with E-state index in [-0.39, 0.29) is 6.54 Å². The number of nitrogens with zero attached hydrogens (tertiary/aromatic N) is 5. The van der Waals surface area contributed by atoms with Crippen molar-refractivity contribution in [1.29, 1.82) is 5.26 Å². The van der Waals surface area contributed by atoms with Gasteiger partial charge in [-0.25, -0.2) is 9.37 Å². The van der Waals surface area contributed by atoms with Gasteiger partial charge in [-0.3, -0.25) is 4.40 Å². The monoisotopic (exact) mass is 449 g/mol. The summed E-state index contributed by atoms with van der Waals surface area (Å²) in [5.74, 6) is -0.411. The molecule has 0 N–H and O–H groups in total. The SMILES string of the molecule is COc1nc(-c2ccc(C#N)cc2)c(-c2ccc(CN(C)[S+](C)[O-])c(F)c2)c2nccn12. The number of ether oxygens (including phenoxy) is 1. The molecule has 4 rings (SSSR count). The summed E-state index contributed by atoms with van der Waals surface area (Å²) in [6.07, 6.45) is 4.90. The van der Waals surface area contributed by atoms with E-state index in [0.29, 0.717) is 39.6 Å². The van der Waals surface area contributed by atoms with Gasteiger partial charge in [0.25, 0.3) is 0 Å². The lowest BCUT2D eigenvalue weighted by molar-refractivity contribution is 0.375. The number of nitriles is 1. The molecule has 1 unspecified atom stereocenters. The lowest BCUT2D eigenvalue weighted by Crippen LogP contribution is -2.25. The van der Waals surface area contributed by atoms with E-state index in [9.17, 15) is 4.55 Å². The fourth-order valence-corrected chi connectivity index (χ4v) is 3.76. The van der Waals surface area contributed by atoms with Crippen LogP contribution in [0.15, 0.2) is 54.9 Å². The van der Waals surface area contributed by atoms with Crippen molar-refractivity contribution in [3.05, 3.63) is 71.8 Å². The summed E-state index contributed by atoms with van der Waals surface area (Å²) in [5.41, 5.74) is 4.06. The first-order valence-electron chi connectivity index (χ1n) is 9.68. The summed E-state index contributed by atoms with van der Waals surface area (Å²) in [5, 5.41) is 9.12. The van der Waals surface area contributed by atoms with E-state index in [2.05, 4.69) is 16.0 Å². The van der Waals surface area contributed by atoms with Gasteiger partial charge in [-0.2, -0.15) is 10.2 Å². The van der Waals surface area contributed by atoms with Crippen molar-refractivity contribution in [1.82, 2.24) is 18.7 Å². The Bertz CT molecular complexity index is 1310. The molecule has 2 aromatic heterocycles. The van der Waals surface area contributed by atoms with Crippen molar-refractivity contribution in [3.63, 3.8) is 0 Å². The van der Waals surface area contributed by atoms with Crippen LogP contribution in [0, 0.1) is 17.1 Å². The number of rotatable bonds is 6. The Morgan fingerprint density at radius 1 is 1.22 bits per heavy atom. The van der Waals surface area contributed by atoms with E-state index in [1.807, 2.05) is 0 Å². The lowest BCUT2D eigenvalue weighted by Gasteiger charge is -2.18. The summed E-state index contributed by atoms with van der Waals surface area (Å²) < 4.78 is 35.4. The average molecular weight is 450 g/mol. The number of hydrogen-bond donors (Lipinski definition) is 0. The molecule has 0 spiro atoms. The first-order valence-corrected chi connectivity index (χ1v) is 11.2. The van der Waals surface area contributed by atoms with Crippen LogP contribution in [0.25, 0.3) is 28.0 Å². The van der Waals surface area contributed by atoms with E-state index >= 15 is 4.39 Å². The molecule has 9 heteroatoms. The normalized spacial score (nSPS) is 12.2. The Morgan fingerprint density at radius 2 is 1.94 bits per heavy atom. The van der Waals surface area contributed by atoms with Crippen LogP contribution < -0.4 is 4.74 Å². The number of fused-ring (bicyclic) bond motifs is 1. The van der Waals surface area contributed by atoms with Gasteiger partial charge in [0.2, 0.25) is 0 Å². The third-order valence-electron chi connectivity index (χ3n) is 5.16. The molecular formula is C23H20FN5O2S. The molecule has 0 radical (unpaired) electrons. The van der Waals surface area contributed by atoms with Crippen LogP contribution in [-0.4, -0.2) is 43.6 Å². The minimum atomic E-state index is -1.20. The van der Waals surface area contributed by atoms with Crippen LogP contribution >= 0.6 is 0 Å². The number of hydrogen-bond acceptors (Lipinski definition) is 6. The fraction of sp³-hybridized carbons (Fsp3) is 0.174. The van der Waals surface area contributed by atoms with Crippen molar-refractivity contribution < 1.29 is 13.7 Å². The number of imidazole rings is 1. The highest BCUT2D eigenvalue weighted by molar-refractivity contribution is 7.88. The van der Waals surface area contributed by atoms with Crippen LogP contribution in [-0.2, 0) is 17.9 Å². The first kappa shape index (κ1) is 21.8. The van der Waals surface area contributed by atoms with Gasteiger partial charge in [0.05, 0.1) is 36.5 Å². The van der Waals surface area contributed by atoms with Crippen LogP contribution in [0.4, 0.5) is 4.39 Å². The Balaban J connectivity index is 1.90. The zero-order valence-corrected chi connectivity index (χ0v) is 18.6. The van der Waals surface area contributed by atoms with Gasteiger partial charge in [-0.15, -0.1) is 4.31 Å². The minimum Gasteiger partial charge on any atom is -0.598 e. The van der Waals surface area contributed by atoms with Crippen molar-refractivity contribution in [3.8, 4) is 34.5 Å². The second-order valence-electron chi connectivity index (χ2n) is 7.15. The molecule has 162 valence electrons. The molecular weight excluding hydrogens is 429 g/mol. The molecule has 4 aromatic rings. The standard InChI is InChI=1S/C23H20FN5O2S/c1-28(32(3)30)14-18-9-8-17(12-19(18)24)20-21(16-6-4-15(13-25)5-7-16)27-23(31-2)29-11-10-26-22(20)29/h4-12H,14H2,1-3H3. The van der Waals surface area contributed by atoms with Crippen molar-refractivity contribution in [2.24, 2.45) is 0 Å². The van der Waals surface area contributed by atoms with Crippen LogP contribution in [0.3, 0.4) is 0 Å². The highest BCUT2D eigenvalue weighted by Gasteiger charge is 2.20. The Morgan fingerprint density at radius 3 is 2.56 bits per heavy atom. The predicted octanol–water partition coefficient (Wildman–Crippen LogP) is 3.81. The highest BCUT2D eigenvalue weighted by Crippen LogP contribution is 2.36. The van der Waals surface area contributed by atoms with E-state index < -0.39 is 17.2 Å². The second kappa shape index (κ2) is 8.96. The molecule has 32 heavy (non-hydrogen) atoms. The maximum atomic E-state index is 15.0. The third kappa shape index (κ3) is 4.03. The molecule has 0 saturated heterocycles. The molecule has 0 fully saturated rings. The molecule has 0 saturated carbocycles. The summed E-state index contributed by atoms with van der Waals surface area (Å²) in [6.45, 7) is 0.220. The van der Waals surface area contributed by atoms with Gasteiger partial charge < -0.3 is 9.29 Å². The molecule has 7 nitrogen and oxygen atoms in total. The van der Waals surface area contributed by atoms with Crippen LogP contribution in [0.5, 0.6) is 6.01 Å². The summed E-state index contributed by atoms with van der Waals surface area (Å²) in [7, 11) is 3.20. The van der Waals surface area contributed by atoms with Crippen LogP contribution in [0.1, 0.15) is 11.1 Å². The largest absolute Gasteiger partial charge is 0.598 e. The topological polar surface area (TPSA) is 89.5 Å². The number of halogens is 1. The van der Waals surface area contributed by atoms with Gasteiger partial charge in [0, 0.05) is 41.9 Å². The van der Waals surface area contributed by atoms with Crippen molar-refractivity contribution in [2.75, 3.05) is 20.4 Å². The number of benzene rings is 2. The Hall–Kier alpha value is -3.45. The van der Waals surface area contributed by atoms with E-state index in [0.717, 1.165) is 5.56 Å². The predicted molar refractivity (Wildman–Crippen MR) is 121 cm³/mol. The summed E-state index contributed by atoms with van der Waals surface area (Å²) in [4.78, 5) is 9.13. The summed E-state index contributed by atoms with van der Waals surface area (Å²) >= 11 is -1.20. The van der Waals surface area contributed by atoms with Gasteiger partial charge in [0.15, 0.2) is 5.65 Å². The van der Waals surface area contributed by atoms with Crippen molar-refractivity contribution >= 4 is 17.0 Å². The smallest absolute Gasteiger partial charge is 0.302 e. The second-order valence-corrected chi connectivity index (χ2v) is 8.62. The molecule has 2 aromatic carbocycles. The number of methoxy groups -OCH3 is 1. The summed E-state index contributed by atoms with van der Waals surface area (Å²) in [6, 6.07) is 14.3. The Kier molecular flexibility index (Phi) is 6.10. The van der Waals surface area contributed by atoms with Gasteiger partial charge in [0.1, 0.15) is 12.1 Å². The van der Waals surface area contributed by atoms with Gasteiger partial charge in [-0.05, 0) is 23.8 Å². The van der Waals surface area contributed by atoms with Crippen LogP contribution in [0.2, 0.25) is 0 Å². The van der Waals surface area contributed by atoms with E-state index in [4.69, 9.17) is 10.00 Å². The zero-order chi connectivity index (χ0) is 22.8. The quantitative estimate of drug-likeness (QED) is 0.416.